The molecule has 1 aromatic rings. The molecule has 0 radical (unpaired) electrons. The van der Waals surface area contributed by atoms with Crippen LogP contribution in [0, 0.1) is 11.7 Å². The Bertz CT molecular complexity index is 409. The number of rotatable bonds is 4. The van der Waals surface area contributed by atoms with Crippen LogP contribution in [0.5, 0.6) is 5.75 Å². The van der Waals surface area contributed by atoms with Gasteiger partial charge in [0, 0.05) is 6.04 Å². The average Bonchev–Trinajstić information content (AvgIpc) is 2.43. The Labute approximate surface area is 119 Å². The second-order valence-corrected chi connectivity index (χ2v) is 5.58. The molecule has 2 nitrogen and oxygen atoms in total. The van der Waals surface area contributed by atoms with E-state index in [1.54, 1.807) is 13.0 Å². The third-order valence-electron chi connectivity index (χ3n) is 3.85. The van der Waals surface area contributed by atoms with Crippen LogP contribution < -0.4 is 10.5 Å². The first-order valence-corrected chi connectivity index (χ1v) is 7.38. The Hall–Kier alpha value is -0.800. The van der Waals surface area contributed by atoms with Gasteiger partial charge in [0.2, 0.25) is 0 Å². The van der Waals surface area contributed by atoms with Crippen LogP contribution in [-0.4, -0.2) is 6.61 Å². The summed E-state index contributed by atoms with van der Waals surface area (Å²) in [6, 6.07) is 3.08. The molecule has 0 saturated heterocycles. The van der Waals surface area contributed by atoms with Crippen molar-refractivity contribution >= 4 is 11.6 Å². The van der Waals surface area contributed by atoms with Gasteiger partial charge in [0.1, 0.15) is 0 Å². The van der Waals surface area contributed by atoms with Crippen molar-refractivity contribution in [3.63, 3.8) is 0 Å². The van der Waals surface area contributed by atoms with Gasteiger partial charge in [-0.3, -0.25) is 0 Å². The minimum Gasteiger partial charge on any atom is -0.489 e. The molecule has 0 aromatic heterocycles. The molecule has 0 amide bonds. The van der Waals surface area contributed by atoms with Crippen LogP contribution in [-0.2, 0) is 0 Å². The highest BCUT2D eigenvalue weighted by molar-refractivity contribution is 6.32. The van der Waals surface area contributed by atoms with Crippen molar-refractivity contribution in [1.29, 1.82) is 0 Å². The second-order valence-electron chi connectivity index (χ2n) is 5.17. The quantitative estimate of drug-likeness (QED) is 0.886. The van der Waals surface area contributed by atoms with Gasteiger partial charge in [0.05, 0.1) is 11.6 Å². The first-order valence-electron chi connectivity index (χ1n) is 7.00. The van der Waals surface area contributed by atoms with Crippen molar-refractivity contribution in [2.24, 2.45) is 11.7 Å². The maximum atomic E-state index is 14.0. The number of halogens is 2. The molecule has 4 heteroatoms. The zero-order valence-corrected chi connectivity index (χ0v) is 12.0. The van der Waals surface area contributed by atoms with Crippen molar-refractivity contribution in [1.82, 2.24) is 0 Å². The average molecular weight is 286 g/mol. The highest BCUT2D eigenvalue weighted by atomic mass is 35.5. The minimum atomic E-state index is -0.421. The standard InChI is InChI=1S/C15H21ClFNO/c1-2-19-15-12(16)8-11(9-13(15)17)14(18)10-6-4-3-5-7-10/h8-10,14H,2-7,18H2,1H3/t14-/m1/s1. The normalized spacial score (nSPS) is 18.3. The van der Waals surface area contributed by atoms with E-state index >= 15 is 0 Å². The van der Waals surface area contributed by atoms with Gasteiger partial charge in [-0.25, -0.2) is 4.39 Å². The summed E-state index contributed by atoms with van der Waals surface area (Å²) in [7, 11) is 0. The number of nitrogens with two attached hydrogens (primary N) is 1. The lowest BCUT2D eigenvalue weighted by Gasteiger charge is -2.28. The van der Waals surface area contributed by atoms with Gasteiger partial charge in [-0.05, 0) is 43.4 Å². The topological polar surface area (TPSA) is 35.2 Å². The summed E-state index contributed by atoms with van der Waals surface area (Å²) >= 11 is 6.08. The van der Waals surface area contributed by atoms with E-state index in [0.717, 1.165) is 18.4 Å². The van der Waals surface area contributed by atoms with Crippen LogP contribution in [0.3, 0.4) is 0 Å². The number of ether oxygens (including phenoxy) is 1. The van der Waals surface area contributed by atoms with E-state index in [2.05, 4.69) is 0 Å². The third kappa shape index (κ3) is 3.40. The van der Waals surface area contributed by atoms with Crippen molar-refractivity contribution in [3.8, 4) is 5.75 Å². The molecule has 1 aliphatic carbocycles. The van der Waals surface area contributed by atoms with Crippen molar-refractivity contribution in [2.45, 2.75) is 45.1 Å². The lowest BCUT2D eigenvalue weighted by Crippen LogP contribution is -2.23. The monoisotopic (exact) mass is 285 g/mol. The second kappa shape index (κ2) is 6.58. The van der Waals surface area contributed by atoms with Crippen LogP contribution in [0.1, 0.15) is 50.6 Å². The third-order valence-corrected chi connectivity index (χ3v) is 4.13. The molecule has 106 valence electrons. The lowest BCUT2D eigenvalue weighted by atomic mass is 9.81. The van der Waals surface area contributed by atoms with Gasteiger partial charge >= 0.3 is 0 Å². The van der Waals surface area contributed by atoms with E-state index in [0.29, 0.717) is 17.5 Å². The van der Waals surface area contributed by atoms with E-state index in [9.17, 15) is 4.39 Å². The van der Waals surface area contributed by atoms with E-state index in [4.69, 9.17) is 22.1 Å². The van der Waals surface area contributed by atoms with Gasteiger partial charge in [0.15, 0.2) is 11.6 Å². The Morgan fingerprint density at radius 1 is 1.37 bits per heavy atom. The summed E-state index contributed by atoms with van der Waals surface area (Å²) in [6.07, 6.45) is 5.94. The SMILES string of the molecule is CCOc1c(F)cc([C@H](N)C2CCCCC2)cc1Cl. The van der Waals surface area contributed by atoms with Crippen molar-refractivity contribution in [3.05, 3.63) is 28.5 Å². The minimum absolute atomic E-state index is 0.128. The molecule has 0 bridgehead atoms. The number of hydrogen-bond acceptors (Lipinski definition) is 2. The van der Waals surface area contributed by atoms with Crippen LogP contribution in [0.25, 0.3) is 0 Å². The molecule has 0 spiro atoms. The summed E-state index contributed by atoms with van der Waals surface area (Å²) in [5, 5.41) is 0.308. The fourth-order valence-electron chi connectivity index (χ4n) is 2.82. The van der Waals surface area contributed by atoms with E-state index in [1.807, 2.05) is 0 Å². The molecule has 0 aliphatic heterocycles. The van der Waals surface area contributed by atoms with Gasteiger partial charge in [-0.15, -0.1) is 0 Å². The summed E-state index contributed by atoms with van der Waals surface area (Å²) in [6.45, 7) is 2.20. The first-order chi connectivity index (χ1) is 9.13. The molecule has 1 fully saturated rings. The largest absolute Gasteiger partial charge is 0.489 e. The Kier molecular flexibility index (Phi) is 5.06. The van der Waals surface area contributed by atoms with Crippen LogP contribution in [0.15, 0.2) is 12.1 Å². The summed E-state index contributed by atoms with van der Waals surface area (Å²) in [5.74, 6) is 0.140. The summed E-state index contributed by atoms with van der Waals surface area (Å²) in [5.41, 5.74) is 7.04. The van der Waals surface area contributed by atoms with Gasteiger partial charge in [-0.2, -0.15) is 0 Å². The highest BCUT2D eigenvalue weighted by Gasteiger charge is 2.23. The lowest BCUT2D eigenvalue weighted by molar-refractivity contribution is 0.305. The Morgan fingerprint density at radius 2 is 2.05 bits per heavy atom. The van der Waals surface area contributed by atoms with Crippen molar-refractivity contribution in [2.75, 3.05) is 6.61 Å². The molecule has 1 aliphatic rings. The zero-order valence-electron chi connectivity index (χ0n) is 11.3. The molecular formula is C15H21ClFNO. The molecule has 1 aromatic carbocycles. The predicted molar refractivity (Wildman–Crippen MR) is 76.1 cm³/mol. The molecule has 0 unspecified atom stereocenters. The highest BCUT2D eigenvalue weighted by Crippen LogP contribution is 2.36. The molecule has 1 atom stereocenters. The number of benzene rings is 1. The molecule has 1 saturated carbocycles. The molecule has 2 N–H and O–H groups in total. The van der Waals surface area contributed by atoms with E-state index in [1.165, 1.54) is 25.3 Å². The molecule has 2 rings (SSSR count). The fraction of sp³-hybridized carbons (Fsp3) is 0.600. The maximum Gasteiger partial charge on any atom is 0.173 e. The van der Waals surface area contributed by atoms with Crippen LogP contribution in [0.2, 0.25) is 5.02 Å². The Morgan fingerprint density at radius 3 is 2.63 bits per heavy atom. The smallest absolute Gasteiger partial charge is 0.173 e. The van der Waals surface area contributed by atoms with Gasteiger partial charge < -0.3 is 10.5 Å². The van der Waals surface area contributed by atoms with E-state index < -0.39 is 5.82 Å². The summed E-state index contributed by atoms with van der Waals surface area (Å²) in [4.78, 5) is 0. The fourth-order valence-corrected chi connectivity index (χ4v) is 3.09. The Balaban J connectivity index is 2.20. The van der Waals surface area contributed by atoms with Crippen LogP contribution >= 0.6 is 11.6 Å². The first kappa shape index (κ1) is 14.6. The number of hydrogen-bond donors (Lipinski definition) is 1. The molecule has 19 heavy (non-hydrogen) atoms. The van der Waals surface area contributed by atoms with Gasteiger partial charge in [-0.1, -0.05) is 30.9 Å². The van der Waals surface area contributed by atoms with Crippen molar-refractivity contribution < 1.29 is 9.13 Å². The molecule has 0 heterocycles. The zero-order chi connectivity index (χ0) is 13.8. The predicted octanol–water partition coefficient (Wildman–Crippen LogP) is 4.46. The maximum absolute atomic E-state index is 14.0. The van der Waals surface area contributed by atoms with Gasteiger partial charge in [0.25, 0.3) is 0 Å². The molecular weight excluding hydrogens is 265 g/mol. The summed E-state index contributed by atoms with van der Waals surface area (Å²) < 4.78 is 19.2. The van der Waals surface area contributed by atoms with Crippen LogP contribution in [0.4, 0.5) is 4.39 Å². The van der Waals surface area contributed by atoms with E-state index in [-0.39, 0.29) is 11.8 Å².